The number of methoxy groups -OCH3 is 1. The van der Waals surface area contributed by atoms with Crippen LogP contribution in [-0.4, -0.2) is 24.5 Å². The zero-order chi connectivity index (χ0) is 20.8. The SMILES string of the molecule is C#CC(=O)NCc1cccc(NCC#Cc2cc(OC)c3nc(N)sc3c2)c1Cl. The van der Waals surface area contributed by atoms with Gasteiger partial charge in [0.25, 0.3) is 5.91 Å². The molecule has 0 aliphatic carbocycles. The molecule has 2 aromatic carbocycles. The molecule has 0 saturated carbocycles. The number of thiazole rings is 1. The number of nitrogens with one attached hydrogen (secondary N) is 2. The van der Waals surface area contributed by atoms with Crippen LogP contribution in [0.2, 0.25) is 5.02 Å². The van der Waals surface area contributed by atoms with Gasteiger partial charge in [0.15, 0.2) is 5.13 Å². The lowest BCUT2D eigenvalue weighted by atomic mass is 10.2. The Labute approximate surface area is 177 Å². The van der Waals surface area contributed by atoms with Gasteiger partial charge < -0.3 is 21.1 Å². The number of terminal acetylenes is 1. The fourth-order valence-electron chi connectivity index (χ4n) is 2.61. The zero-order valence-corrected chi connectivity index (χ0v) is 17.1. The van der Waals surface area contributed by atoms with E-state index in [0.717, 1.165) is 27.0 Å². The fraction of sp³-hybridized carbons (Fsp3) is 0.143. The van der Waals surface area contributed by atoms with Gasteiger partial charge in [-0.15, -0.1) is 6.42 Å². The van der Waals surface area contributed by atoms with Crippen molar-refractivity contribution in [1.82, 2.24) is 10.3 Å². The van der Waals surface area contributed by atoms with Crippen LogP contribution in [0.4, 0.5) is 10.8 Å². The number of ether oxygens (including phenoxy) is 1. The van der Waals surface area contributed by atoms with Gasteiger partial charge in [0.05, 0.1) is 29.1 Å². The molecule has 8 heteroatoms. The van der Waals surface area contributed by atoms with E-state index >= 15 is 0 Å². The minimum atomic E-state index is -0.486. The van der Waals surface area contributed by atoms with Gasteiger partial charge in [-0.1, -0.05) is 46.9 Å². The van der Waals surface area contributed by atoms with E-state index in [0.29, 0.717) is 22.4 Å². The fourth-order valence-corrected chi connectivity index (χ4v) is 3.66. The third kappa shape index (κ3) is 4.91. The number of aromatic nitrogens is 1. The molecular formula is C21H17ClN4O2S. The molecule has 0 atom stereocenters. The highest BCUT2D eigenvalue weighted by Crippen LogP contribution is 2.32. The summed E-state index contributed by atoms with van der Waals surface area (Å²) < 4.78 is 6.30. The van der Waals surface area contributed by atoms with Crippen molar-refractivity contribution in [2.75, 3.05) is 24.7 Å². The highest BCUT2D eigenvalue weighted by atomic mass is 35.5. The first kappa shape index (κ1) is 20.3. The largest absolute Gasteiger partial charge is 0.494 e. The molecular weight excluding hydrogens is 408 g/mol. The van der Waals surface area contributed by atoms with Crippen LogP contribution >= 0.6 is 22.9 Å². The molecule has 0 radical (unpaired) electrons. The molecule has 1 amide bonds. The summed E-state index contributed by atoms with van der Waals surface area (Å²) >= 11 is 7.78. The molecule has 0 spiro atoms. The van der Waals surface area contributed by atoms with Crippen molar-refractivity contribution in [3.8, 4) is 29.9 Å². The van der Waals surface area contributed by atoms with Gasteiger partial charge in [-0.2, -0.15) is 0 Å². The number of rotatable bonds is 5. The van der Waals surface area contributed by atoms with Crippen molar-refractivity contribution in [3.63, 3.8) is 0 Å². The van der Waals surface area contributed by atoms with E-state index in [1.807, 2.05) is 36.3 Å². The summed E-state index contributed by atoms with van der Waals surface area (Å²) in [4.78, 5) is 15.5. The van der Waals surface area contributed by atoms with E-state index < -0.39 is 5.91 Å². The monoisotopic (exact) mass is 424 g/mol. The van der Waals surface area contributed by atoms with Crippen LogP contribution in [0.1, 0.15) is 11.1 Å². The van der Waals surface area contributed by atoms with E-state index in [-0.39, 0.29) is 6.54 Å². The summed E-state index contributed by atoms with van der Waals surface area (Å²) in [6.07, 6.45) is 5.04. The minimum absolute atomic E-state index is 0.251. The first-order valence-corrected chi connectivity index (χ1v) is 9.70. The Balaban J connectivity index is 1.70. The van der Waals surface area contributed by atoms with Crippen LogP contribution in [0, 0.1) is 24.2 Å². The molecule has 4 N–H and O–H groups in total. The standard InChI is InChI=1S/C21H17ClN4O2S/c1-3-18(27)25-12-14-7-4-8-15(19(14)22)24-9-5-6-13-10-16(28-2)20-17(11-13)29-21(23)26-20/h1,4,7-8,10-11,24H,9,12H2,2H3,(H2,23,26)(H,25,27). The van der Waals surface area contributed by atoms with E-state index in [1.54, 1.807) is 7.11 Å². The van der Waals surface area contributed by atoms with E-state index in [9.17, 15) is 4.79 Å². The number of anilines is 2. The zero-order valence-electron chi connectivity index (χ0n) is 15.5. The quantitative estimate of drug-likeness (QED) is 0.547. The van der Waals surface area contributed by atoms with Crippen molar-refractivity contribution in [2.45, 2.75) is 6.54 Å². The average molecular weight is 425 g/mol. The van der Waals surface area contributed by atoms with Crippen molar-refractivity contribution in [2.24, 2.45) is 0 Å². The predicted molar refractivity (Wildman–Crippen MR) is 118 cm³/mol. The number of hydrogen-bond donors (Lipinski definition) is 3. The normalized spacial score (nSPS) is 9.97. The third-order valence-corrected chi connectivity index (χ3v) is 5.22. The molecule has 0 bridgehead atoms. The lowest BCUT2D eigenvalue weighted by Gasteiger charge is -2.10. The summed E-state index contributed by atoms with van der Waals surface area (Å²) in [5.74, 6) is 8.31. The maximum absolute atomic E-state index is 11.2. The number of benzene rings is 2. The molecule has 0 aliphatic rings. The first-order chi connectivity index (χ1) is 14.0. The van der Waals surface area contributed by atoms with E-state index in [1.165, 1.54) is 11.3 Å². The topological polar surface area (TPSA) is 89.3 Å². The Bertz CT molecular complexity index is 1170. The van der Waals surface area contributed by atoms with Crippen LogP contribution in [0.25, 0.3) is 10.2 Å². The predicted octanol–water partition coefficient (Wildman–Crippen LogP) is 3.25. The number of fused-ring (bicyclic) bond motifs is 1. The van der Waals surface area contributed by atoms with Gasteiger partial charge in [0.1, 0.15) is 11.3 Å². The van der Waals surface area contributed by atoms with Crippen molar-refractivity contribution in [3.05, 3.63) is 46.5 Å². The highest BCUT2D eigenvalue weighted by Gasteiger charge is 2.09. The second-order valence-electron chi connectivity index (χ2n) is 5.84. The van der Waals surface area contributed by atoms with Gasteiger partial charge >= 0.3 is 0 Å². The Morgan fingerprint density at radius 3 is 3.00 bits per heavy atom. The summed E-state index contributed by atoms with van der Waals surface area (Å²) in [5.41, 5.74) is 8.80. The third-order valence-electron chi connectivity index (χ3n) is 3.95. The van der Waals surface area contributed by atoms with E-state index in [4.69, 9.17) is 28.5 Å². The second kappa shape index (κ2) is 9.20. The summed E-state index contributed by atoms with van der Waals surface area (Å²) in [5, 5.41) is 6.76. The Morgan fingerprint density at radius 1 is 1.41 bits per heavy atom. The number of halogens is 1. The number of hydrogen-bond acceptors (Lipinski definition) is 6. The number of nitrogens with zero attached hydrogens (tertiary/aromatic N) is 1. The molecule has 1 aromatic heterocycles. The summed E-state index contributed by atoms with van der Waals surface area (Å²) in [6, 6.07) is 9.26. The number of carbonyl (C=O) groups excluding carboxylic acids is 1. The van der Waals surface area contributed by atoms with Crippen molar-refractivity contribution in [1.29, 1.82) is 0 Å². The van der Waals surface area contributed by atoms with Crippen LogP contribution in [0.5, 0.6) is 5.75 Å². The van der Waals surface area contributed by atoms with E-state index in [2.05, 4.69) is 27.5 Å². The lowest BCUT2D eigenvalue weighted by molar-refractivity contribution is -0.115. The number of nitrogens with two attached hydrogens (primary N) is 1. The molecule has 3 aromatic rings. The van der Waals surface area contributed by atoms with Crippen LogP contribution in [0.15, 0.2) is 30.3 Å². The van der Waals surface area contributed by atoms with Gasteiger partial charge in [-0.25, -0.2) is 4.98 Å². The average Bonchev–Trinajstić information content (AvgIpc) is 3.10. The molecule has 0 fully saturated rings. The maximum atomic E-state index is 11.2. The Kier molecular flexibility index (Phi) is 6.46. The van der Waals surface area contributed by atoms with Crippen LogP contribution in [0.3, 0.4) is 0 Å². The molecule has 146 valence electrons. The van der Waals surface area contributed by atoms with Gasteiger partial charge in [-0.3, -0.25) is 4.79 Å². The molecule has 0 aliphatic heterocycles. The summed E-state index contributed by atoms with van der Waals surface area (Å²) in [7, 11) is 1.59. The highest BCUT2D eigenvalue weighted by molar-refractivity contribution is 7.22. The van der Waals surface area contributed by atoms with Crippen molar-refractivity contribution >= 4 is 49.9 Å². The molecule has 1 heterocycles. The van der Waals surface area contributed by atoms with Gasteiger partial charge in [0, 0.05) is 12.1 Å². The second-order valence-corrected chi connectivity index (χ2v) is 7.28. The number of nitrogen functional groups attached to an aromatic ring is 1. The molecule has 0 unspecified atom stereocenters. The Hall–Kier alpha value is -3.39. The summed E-state index contributed by atoms with van der Waals surface area (Å²) in [6.45, 7) is 0.631. The smallest absolute Gasteiger partial charge is 0.295 e. The molecule has 6 nitrogen and oxygen atoms in total. The Morgan fingerprint density at radius 2 is 2.24 bits per heavy atom. The molecule has 3 rings (SSSR count). The number of amides is 1. The first-order valence-electron chi connectivity index (χ1n) is 8.50. The lowest BCUT2D eigenvalue weighted by Crippen LogP contribution is -2.20. The van der Waals surface area contributed by atoms with Crippen molar-refractivity contribution < 1.29 is 9.53 Å². The van der Waals surface area contributed by atoms with Gasteiger partial charge in [0.2, 0.25) is 0 Å². The minimum Gasteiger partial charge on any atom is -0.494 e. The van der Waals surface area contributed by atoms with Crippen LogP contribution in [-0.2, 0) is 11.3 Å². The molecule has 29 heavy (non-hydrogen) atoms. The maximum Gasteiger partial charge on any atom is 0.295 e. The number of carbonyl (C=O) groups is 1. The van der Waals surface area contributed by atoms with Crippen LogP contribution < -0.4 is 21.1 Å². The molecule has 0 saturated heterocycles. The van der Waals surface area contributed by atoms with Gasteiger partial charge in [-0.05, 0) is 29.7 Å².